The molecule has 1 N–H and O–H groups in total. The van der Waals surface area contributed by atoms with Gasteiger partial charge in [-0.05, 0) is 53.8 Å². The first kappa shape index (κ1) is 15.2. The summed E-state index contributed by atoms with van der Waals surface area (Å²) in [7, 11) is 1.35. The van der Waals surface area contributed by atoms with Gasteiger partial charge in [0.25, 0.3) is 0 Å². The Morgan fingerprint density at radius 3 is 2.85 bits per heavy atom. The molecule has 2 aromatic rings. The lowest BCUT2D eigenvalue weighted by Crippen LogP contribution is -2.01. The molecule has 0 saturated carbocycles. The van der Waals surface area contributed by atoms with Crippen LogP contribution in [0.2, 0.25) is 5.02 Å². The molecule has 0 aliphatic carbocycles. The van der Waals surface area contributed by atoms with Gasteiger partial charge in [0.05, 0.1) is 24.4 Å². The Morgan fingerprint density at radius 1 is 1.45 bits per heavy atom. The lowest BCUT2D eigenvalue weighted by Gasteiger charge is -2.06. The van der Waals surface area contributed by atoms with E-state index in [1.165, 1.54) is 7.11 Å². The van der Waals surface area contributed by atoms with Crippen molar-refractivity contribution < 1.29 is 13.9 Å². The molecule has 0 atom stereocenters. The molecule has 0 aliphatic heterocycles. The number of benzene rings is 1. The Kier molecular flexibility index (Phi) is 4.93. The van der Waals surface area contributed by atoms with Gasteiger partial charge in [-0.25, -0.2) is 4.79 Å². The zero-order chi connectivity index (χ0) is 14.7. The van der Waals surface area contributed by atoms with Gasteiger partial charge in [0.1, 0.15) is 17.1 Å². The molecule has 0 fully saturated rings. The number of rotatable bonds is 4. The van der Waals surface area contributed by atoms with Gasteiger partial charge in [-0.3, -0.25) is 0 Å². The fourth-order valence-electron chi connectivity index (χ4n) is 1.76. The van der Waals surface area contributed by atoms with Crippen LogP contribution in [0.25, 0.3) is 0 Å². The summed E-state index contributed by atoms with van der Waals surface area (Å²) in [5, 5.41) is 3.82. The highest BCUT2D eigenvalue weighted by Crippen LogP contribution is 2.25. The van der Waals surface area contributed by atoms with Crippen molar-refractivity contribution >= 4 is 45.8 Å². The van der Waals surface area contributed by atoms with E-state index < -0.39 is 5.97 Å². The molecule has 6 heteroatoms. The molecule has 20 heavy (non-hydrogen) atoms. The predicted molar refractivity (Wildman–Crippen MR) is 86.3 cm³/mol. The SMILES string of the molecule is COC(=O)c1cc(CNc2ccc(I)cc2Cl)oc1C. The van der Waals surface area contributed by atoms with Gasteiger partial charge in [-0.2, -0.15) is 0 Å². The minimum Gasteiger partial charge on any atom is -0.465 e. The van der Waals surface area contributed by atoms with Crippen LogP contribution in [0.5, 0.6) is 0 Å². The van der Waals surface area contributed by atoms with Crippen LogP contribution in [0.3, 0.4) is 0 Å². The van der Waals surface area contributed by atoms with E-state index >= 15 is 0 Å². The highest BCUT2D eigenvalue weighted by molar-refractivity contribution is 14.1. The van der Waals surface area contributed by atoms with E-state index in [4.69, 9.17) is 16.0 Å². The van der Waals surface area contributed by atoms with Gasteiger partial charge in [0.2, 0.25) is 0 Å². The Bertz CT molecular complexity index is 639. The van der Waals surface area contributed by atoms with Gasteiger partial charge >= 0.3 is 5.97 Å². The molecule has 0 saturated heterocycles. The number of furan rings is 1. The quantitative estimate of drug-likeness (QED) is 0.610. The van der Waals surface area contributed by atoms with E-state index in [1.54, 1.807) is 13.0 Å². The number of halogens is 2. The highest BCUT2D eigenvalue weighted by Gasteiger charge is 2.15. The number of hydrogen-bond donors (Lipinski definition) is 1. The molecule has 1 aromatic carbocycles. The fourth-order valence-corrected chi connectivity index (χ4v) is 2.68. The summed E-state index contributed by atoms with van der Waals surface area (Å²) >= 11 is 8.33. The summed E-state index contributed by atoms with van der Waals surface area (Å²) in [5.41, 5.74) is 1.26. The van der Waals surface area contributed by atoms with Crippen LogP contribution in [0, 0.1) is 10.5 Å². The average molecular weight is 406 g/mol. The van der Waals surface area contributed by atoms with E-state index in [2.05, 4.69) is 32.6 Å². The zero-order valence-electron chi connectivity index (χ0n) is 11.0. The lowest BCUT2D eigenvalue weighted by molar-refractivity contribution is 0.0599. The van der Waals surface area contributed by atoms with Crippen LogP contribution in [0.15, 0.2) is 28.7 Å². The second-order valence-electron chi connectivity index (χ2n) is 4.15. The maximum Gasteiger partial charge on any atom is 0.341 e. The largest absolute Gasteiger partial charge is 0.465 e. The van der Waals surface area contributed by atoms with Crippen molar-refractivity contribution in [2.45, 2.75) is 13.5 Å². The van der Waals surface area contributed by atoms with Gasteiger partial charge in [0, 0.05) is 3.57 Å². The average Bonchev–Trinajstić information content (AvgIpc) is 2.78. The first-order chi connectivity index (χ1) is 9.51. The number of carbonyl (C=O) groups is 1. The van der Waals surface area contributed by atoms with Crippen LogP contribution in [0.4, 0.5) is 5.69 Å². The van der Waals surface area contributed by atoms with Crippen LogP contribution in [0.1, 0.15) is 21.9 Å². The summed E-state index contributed by atoms with van der Waals surface area (Å²) in [6.07, 6.45) is 0. The number of nitrogens with one attached hydrogen (secondary N) is 1. The van der Waals surface area contributed by atoms with Crippen molar-refractivity contribution in [1.29, 1.82) is 0 Å². The number of esters is 1. The monoisotopic (exact) mass is 405 g/mol. The standard InChI is InChI=1S/C14H13ClINO3/c1-8-11(14(18)19-2)6-10(20-8)7-17-13-4-3-9(16)5-12(13)15/h3-6,17H,7H2,1-2H3. The second-order valence-corrected chi connectivity index (χ2v) is 5.80. The third kappa shape index (κ3) is 3.46. The molecule has 106 valence electrons. The minimum atomic E-state index is -0.398. The molecule has 2 rings (SSSR count). The fraction of sp³-hybridized carbons (Fsp3) is 0.214. The number of ether oxygens (including phenoxy) is 1. The third-order valence-electron chi connectivity index (χ3n) is 2.76. The molecule has 0 aliphatic rings. The maximum atomic E-state index is 11.5. The maximum absolute atomic E-state index is 11.5. The Balaban J connectivity index is 2.09. The first-order valence-corrected chi connectivity index (χ1v) is 7.33. The third-order valence-corrected chi connectivity index (χ3v) is 3.74. The van der Waals surface area contributed by atoms with Gasteiger partial charge in [-0.15, -0.1) is 0 Å². The number of carbonyl (C=O) groups excluding carboxylic acids is 1. The van der Waals surface area contributed by atoms with Crippen LogP contribution in [-0.4, -0.2) is 13.1 Å². The van der Waals surface area contributed by atoms with Crippen LogP contribution in [-0.2, 0) is 11.3 Å². The van der Waals surface area contributed by atoms with Crippen LogP contribution < -0.4 is 5.32 Å². The number of hydrogen-bond acceptors (Lipinski definition) is 4. The number of methoxy groups -OCH3 is 1. The number of anilines is 1. The minimum absolute atomic E-state index is 0.398. The molecule has 0 bridgehead atoms. The summed E-state index contributed by atoms with van der Waals surface area (Å²) < 4.78 is 11.3. The van der Waals surface area contributed by atoms with Crippen molar-refractivity contribution in [3.63, 3.8) is 0 Å². The zero-order valence-corrected chi connectivity index (χ0v) is 13.9. The van der Waals surface area contributed by atoms with E-state index in [0.29, 0.717) is 28.7 Å². The normalized spacial score (nSPS) is 10.4. The molecule has 0 unspecified atom stereocenters. The molecule has 1 aromatic heterocycles. The van der Waals surface area contributed by atoms with E-state index in [9.17, 15) is 4.79 Å². The summed E-state index contributed by atoms with van der Waals surface area (Å²) in [5.74, 6) is 0.796. The van der Waals surface area contributed by atoms with Crippen molar-refractivity contribution in [2.24, 2.45) is 0 Å². The van der Waals surface area contributed by atoms with Gasteiger partial charge in [-0.1, -0.05) is 11.6 Å². The second kappa shape index (κ2) is 6.49. The van der Waals surface area contributed by atoms with Gasteiger partial charge in [0.15, 0.2) is 0 Å². The highest BCUT2D eigenvalue weighted by atomic mass is 127. The van der Waals surface area contributed by atoms with Crippen molar-refractivity contribution in [3.8, 4) is 0 Å². The van der Waals surface area contributed by atoms with Crippen molar-refractivity contribution in [1.82, 2.24) is 0 Å². The molecule has 0 radical (unpaired) electrons. The Labute approximate surface area is 135 Å². The Morgan fingerprint density at radius 2 is 2.20 bits per heavy atom. The van der Waals surface area contributed by atoms with E-state index in [-0.39, 0.29) is 0 Å². The predicted octanol–water partition coefficient (Wildman–Crippen LogP) is 4.24. The van der Waals surface area contributed by atoms with Crippen molar-refractivity contribution in [3.05, 3.63) is 49.9 Å². The lowest BCUT2D eigenvalue weighted by atomic mass is 10.2. The molecule has 1 heterocycles. The Hall–Kier alpha value is -1.21. The van der Waals surface area contributed by atoms with Crippen molar-refractivity contribution in [2.75, 3.05) is 12.4 Å². The topological polar surface area (TPSA) is 51.5 Å². The summed E-state index contributed by atoms with van der Waals surface area (Å²) in [4.78, 5) is 11.5. The van der Waals surface area contributed by atoms with Gasteiger partial charge < -0.3 is 14.5 Å². The molecule has 0 amide bonds. The number of aryl methyl sites for hydroxylation is 1. The molecular weight excluding hydrogens is 393 g/mol. The smallest absolute Gasteiger partial charge is 0.341 e. The first-order valence-electron chi connectivity index (χ1n) is 5.88. The molecule has 0 spiro atoms. The summed E-state index contributed by atoms with van der Waals surface area (Å²) in [6.45, 7) is 2.17. The van der Waals surface area contributed by atoms with Crippen LogP contribution >= 0.6 is 34.2 Å². The van der Waals surface area contributed by atoms with E-state index in [1.807, 2.05) is 18.2 Å². The molecule has 4 nitrogen and oxygen atoms in total. The molecular formula is C14H13ClINO3. The summed E-state index contributed by atoms with van der Waals surface area (Å²) in [6, 6.07) is 7.41. The van der Waals surface area contributed by atoms with E-state index in [0.717, 1.165) is 9.26 Å².